The maximum Gasteiger partial charge on any atom is 0.210 e. The molecule has 1 aliphatic heterocycles. The third-order valence-electron chi connectivity index (χ3n) is 4.16. The lowest BCUT2D eigenvalue weighted by atomic mass is 10.0. The number of nitrogens with zero attached hydrogens (tertiary/aromatic N) is 1. The van der Waals surface area contributed by atoms with Crippen molar-refractivity contribution in [3.8, 4) is 0 Å². The van der Waals surface area contributed by atoms with Gasteiger partial charge in [0.05, 0.1) is 11.1 Å². The van der Waals surface area contributed by atoms with Gasteiger partial charge in [0.2, 0.25) is 6.41 Å². The third kappa shape index (κ3) is 3.30. The lowest BCUT2D eigenvalue weighted by molar-refractivity contribution is -0.120. The fourth-order valence-corrected chi connectivity index (χ4v) is 5.06. The maximum absolute atomic E-state index is 10.6. The summed E-state index contributed by atoms with van der Waals surface area (Å²) in [6.45, 7) is 5.00. The molecule has 1 unspecified atom stereocenters. The zero-order chi connectivity index (χ0) is 16.4. The van der Waals surface area contributed by atoms with E-state index in [9.17, 15) is 4.79 Å². The number of fused-ring (bicyclic) bond motifs is 2. The van der Waals surface area contributed by atoms with Gasteiger partial charge in [0, 0.05) is 26.4 Å². The average molecular weight is 364 g/mol. The van der Waals surface area contributed by atoms with Crippen LogP contribution in [0.25, 0.3) is 10.1 Å². The molecular weight excluding hydrogens is 346 g/mol. The molecule has 0 N–H and O–H groups in total. The monoisotopic (exact) mass is 363 g/mol. The van der Waals surface area contributed by atoms with Crippen molar-refractivity contribution >= 4 is 50.8 Å². The third-order valence-corrected chi connectivity index (χ3v) is 6.84. The predicted molar refractivity (Wildman–Crippen MR) is 101 cm³/mol. The summed E-state index contributed by atoms with van der Waals surface area (Å²) in [5.41, 5.74) is 1.33. The van der Waals surface area contributed by atoms with Crippen molar-refractivity contribution in [3.63, 3.8) is 0 Å². The van der Waals surface area contributed by atoms with Crippen molar-refractivity contribution < 1.29 is 4.79 Å². The van der Waals surface area contributed by atoms with Crippen LogP contribution in [0.2, 0.25) is 5.02 Å². The minimum atomic E-state index is 0.275. The van der Waals surface area contributed by atoms with Crippen molar-refractivity contribution in [1.82, 2.24) is 4.90 Å². The van der Waals surface area contributed by atoms with Crippen LogP contribution in [-0.2, 0) is 11.2 Å². The van der Waals surface area contributed by atoms with Crippen molar-refractivity contribution in [1.29, 1.82) is 0 Å². The number of benzene rings is 1. The maximum atomic E-state index is 10.6. The Morgan fingerprint density at radius 2 is 2.09 bits per heavy atom. The van der Waals surface area contributed by atoms with Crippen molar-refractivity contribution in [2.45, 2.75) is 26.3 Å². The van der Waals surface area contributed by atoms with Gasteiger partial charge < -0.3 is 4.90 Å². The molecule has 0 spiro atoms. The molecule has 3 heterocycles. The van der Waals surface area contributed by atoms with Gasteiger partial charge in [-0.3, -0.25) is 4.79 Å². The number of hydrogen-bond donors (Lipinski definition) is 0. The van der Waals surface area contributed by atoms with Gasteiger partial charge in [-0.2, -0.15) is 0 Å². The molecule has 120 valence electrons. The van der Waals surface area contributed by atoms with Gasteiger partial charge in [-0.25, -0.2) is 0 Å². The Hall–Kier alpha value is -1.36. The SMILES string of the molecule is CC1c2ccsc2CCN1C=O.Cc1sc2ccccc2c1Cl. The van der Waals surface area contributed by atoms with Crippen molar-refractivity contribution in [2.24, 2.45) is 0 Å². The minimum absolute atomic E-state index is 0.275. The molecule has 0 aliphatic carbocycles. The normalized spacial score (nSPS) is 16.7. The van der Waals surface area contributed by atoms with Gasteiger partial charge in [-0.15, -0.1) is 22.7 Å². The van der Waals surface area contributed by atoms with E-state index in [-0.39, 0.29) is 6.04 Å². The highest BCUT2D eigenvalue weighted by Crippen LogP contribution is 2.34. The van der Waals surface area contributed by atoms with Crippen LogP contribution in [0.1, 0.15) is 28.3 Å². The quantitative estimate of drug-likeness (QED) is 0.509. The highest BCUT2D eigenvalue weighted by atomic mass is 35.5. The second-order valence-electron chi connectivity index (χ2n) is 5.54. The zero-order valence-corrected chi connectivity index (χ0v) is 15.5. The largest absolute Gasteiger partial charge is 0.338 e. The molecule has 5 heteroatoms. The van der Waals surface area contributed by atoms with Crippen LogP contribution in [0.4, 0.5) is 0 Å². The van der Waals surface area contributed by atoms with E-state index in [2.05, 4.69) is 30.5 Å². The summed E-state index contributed by atoms with van der Waals surface area (Å²) in [7, 11) is 0. The molecule has 0 saturated carbocycles. The summed E-state index contributed by atoms with van der Waals surface area (Å²) in [5.74, 6) is 0. The second kappa shape index (κ2) is 7.04. The van der Waals surface area contributed by atoms with Gasteiger partial charge >= 0.3 is 0 Å². The first kappa shape index (κ1) is 16.5. The standard InChI is InChI=1S/C9H7ClS.C9H11NOS/c1-6-9(10)7-4-2-3-5-8(7)11-6;1-7-8-3-5-12-9(8)2-4-10(7)6-11/h2-5H,1H3;3,5-7H,2,4H2,1H3. The van der Waals surface area contributed by atoms with Crippen LogP contribution in [-0.4, -0.2) is 17.9 Å². The Kier molecular flexibility index (Phi) is 5.05. The number of carbonyl (C=O) groups is 1. The molecule has 3 aromatic rings. The summed E-state index contributed by atoms with van der Waals surface area (Å²) < 4.78 is 1.27. The Balaban J connectivity index is 0.000000136. The number of hydrogen-bond acceptors (Lipinski definition) is 3. The second-order valence-corrected chi connectivity index (χ2v) is 8.17. The number of thiophene rings is 2. The molecule has 0 radical (unpaired) electrons. The van der Waals surface area contributed by atoms with E-state index >= 15 is 0 Å². The highest BCUT2D eigenvalue weighted by Gasteiger charge is 2.22. The molecule has 1 aromatic carbocycles. The molecule has 0 bridgehead atoms. The number of halogens is 1. The molecule has 2 nitrogen and oxygen atoms in total. The first-order chi connectivity index (χ1) is 11.1. The fourth-order valence-electron chi connectivity index (χ4n) is 2.81. The number of aryl methyl sites for hydroxylation is 1. The van der Waals surface area contributed by atoms with Crippen LogP contribution in [0, 0.1) is 6.92 Å². The molecule has 1 aliphatic rings. The molecule has 1 amide bonds. The zero-order valence-electron chi connectivity index (χ0n) is 13.1. The van der Waals surface area contributed by atoms with Gasteiger partial charge in [0.25, 0.3) is 0 Å². The molecule has 0 fully saturated rings. The highest BCUT2D eigenvalue weighted by molar-refractivity contribution is 7.19. The van der Waals surface area contributed by atoms with Crippen molar-refractivity contribution in [2.75, 3.05) is 6.54 Å². The first-order valence-corrected chi connectivity index (χ1v) is 9.60. The van der Waals surface area contributed by atoms with Crippen molar-refractivity contribution in [3.05, 3.63) is 56.1 Å². The Morgan fingerprint density at radius 1 is 1.30 bits per heavy atom. The predicted octanol–water partition coefficient (Wildman–Crippen LogP) is 5.69. The lowest BCUT2D eigenvalue weighted by Gasteiger charge is -2.29. The molecule has 2 aromatic heterocycles. The van der Waals surface area contributed by atoms with E-state index in [1.54, 1.807) is 22.7 Å². The molecule has 4 rings (SSSR count). The van der Waals surface area contributed by atoms with Gasteiger partial charge in [0.1, 0.15) is 0 Å². The fraction of sp³-hybridized carbons (Fsp3) is 0.278. The summed E-state index contributed by atoms with van der Waals surface area (Å²) >= 11 is 9.60. The molecule has 23 heavy (non-hydrogen) atoms. The Bertz CT molecular complexity index is 823. The van der Waals surface area contributed by atoms with E-state index in [0.29, 0.717) is 0 Å². The topological polar surface area (TPSA) is 20.3 Å². The lowest BCUT2D eigenvalue weighted by Crippen LogP contribution is -2.31. The van der Waals surface area contributed by atoms with E-state index in [1.807, 2.05) is 24.0 Å². The smallest absolute Gasteiger partial charge is 0.210 e. The summed E-state index contributed by atoms with van der Waals surface area (Å²) in [4.78, 5) is 15.1. The number of rotatable bonds is 1. The van der Waals surface area contributed by atoms with Crippen LogP contribution in [0.5, 0.6) is 0 Å². The molecule has 1 atom stereocenters. The van der Waals surface area contributed by atoms with Crippen LogP contribution in [0.15, 0.2) is 35.7 Å². The van der Waals surface area contributed by atoms with Gasteiger partial charge in [-0.1, -0.05) is 29.8 Å². The minimum Gasteiger partial charge on any atom is -0.338 e. The Morgan fingerprint density at radius 3 is 2.83 bits per heavy atom. The molecule has 0 saturated heterocycles. The molecular formula is C18H18ClNOS2. The van der Waals surface area contributed by atoms with Crippen LogP contribution in [0.3, 0.4) is 0 Å². The van der Waals surface area contributed by atoms with Gasteiger partial charge in [-0.05, 0) is 43.3 Å². The van der Waals surface area contributed by atoms with E-state index in [0.717, 1.165) is 24.4 Å². The van der Waals surface area contributed by atoms with Gasteiger partial charge in [0.15, 0.2) is 0 Å². The number of carbonyl (C=O) groups excluding carboxylic acids is 1. The van der Waals surface area contributed by atoms with Crippen LogP contribution < -0.4 is 0 Å². The van der Waals surface area contributed by atoms with E-state index in [1.165, 1.54) is 25.4 Å². The summed E-state index contributed by atoms with van der Waals surface area (Å²) in [6.07, 6.45) is 1.97. The summed E-state index contributed by atoms with van der Waals surface area (Å²) in [5, 5.41) is 4.19. The van der Waals surface area contributed by atoms with E-state index in [4.69, 9.17) is 11.6 Å². The van der Waals surface area contributed by atoms with E-state index < -0.39 is 0 Å². The average Bonchev–Trinajstić information content (AvgIpc) is 3.15. The van der Waals surface area contributed by atoms with Crippen LogP contribution >= 0.6 is 34.3 Å². The Labute approximate surface area is 149 Å². The first-order valence-electron chi connectivity index (χ1n) is 7.52. The summed E-state index contributed by atoms with van der Waals surface area (Å²) in [6, 6.07) is 10.6. The number of amides is 1.